The van der Waals surface area contributed by atoms with Crippen LogP contribution in [0.3, 0.4) is 0 Å². The zero-order valence-corrected chi connectivity index (χ0v) is 31.5. The highest BCUT2D eigenvalue weighted by molar-refractivity contribution is 7.21. The van der Waals surface area contributed by atoms with Crippen molar-refractivity contribution < 1.29 is 4.42 Å². The van der Waals surface area contributed by atoms with Crippen molar-refractivity contribution in [3.63, 3.8) is 0 Å². The van der Waals surface area contributed by atoms with Gasteiger partial charge in [-0.05, 0) is 141 Å². The van der Waals surface area contributed by atoms with Crippen molar-refractivity contribution in [1.82, 2.24) is 9.97 Å². The molecule has 0 aliphatic rings. The summed E-state index contributed by atoms with van der Waals surface area (Å²) < 4.78 is 7.21. The van der Waals surface area contributed by atoms with Gasteiger partial charge in [0.15, 0.2) is 5.58 Å². The van der Waals surface area contributed by atoms with E-state index in [1.54, 1.807) is 11.3 Å². The second-order valence-corrected chi connectivity index (χ2v) is 15.3. The summed E-state index contributed by atoms with van der Waals surface area (Å²) in [5.41, 5.74) is 12.7. The number of hydrogen-bond acceptors (Lipinski definition) is 5. The minimum absolute atomic E-state index is 0.628. The zero-order chi connectivity index (χ0) is 37.7. The van der Waals surface area contributed by atoms with Crippen LogP contribution in [0.15, 0.2) is 205 Å². The molecule has 4 nitrogen and oxygen atoms in total. The van der Waals surface area contributed by atoms with Crippen LogP contribution in [0.5, 0.6) is 0 Å². The lowest BCUT2D eigenvalue weighted by Crippen LogP contribution is -2.09. The molecule has 11 rings (SSSR count). The predicted molar refractivity (Wildman–Crippen MR) is 239 cm³/mol. The van der Waals surface area contributed by atoms with E-state index >= 15 is 0 Å². The van der Waals surface area contributed by atoms with E-state index in [1.807, 2.05) is 30.3 Å². The van der Waals surface area contributed by atoms with E-state index in [1.165, 1.54) is 37.4 Å². The topological polar surface area (TPSA) is 42.2 Å². The van der Waals surface area contributed by atoms with Gasteiger partial charge in [-0.1, -0.05) is 103 Å². The van der Waals surface area contributed by atoms with Crippen LogP contribution in [0.25, 0.3) is 87.1 Å². The molecule has 57 heavy (non-hydrogen) atoms. The molecule has 0 N–H and O–H groups in total. The number of benzene rings is 9. The Morgan fingerprint density at radius 2 is 0.877 bits per heavy atom. The Morgan fingerprint density at radius 1 is 0.368 bits per heavy atom. The Balaban J connectivity index is 0.940. The van der Waals surface area contributed by atoms with Gasteiger partial charge in [0.2, 0.25) is 5.89 Å². The molecule has 0 amide bonds. The molecule has 0 aliphatic carbocycles. The fourth-order valence-corrected chi connectivity index (χ4v) is 8.69. The molecule has 0 radical (unpaired) electrons. The number of rotatable bonds is 7. The number of thiazole rings is 1. The van der Waals surface area contributed by atoms with Crippen LogP contribution in [-0.4, -0.2) is 9.97 Å². The van der Waals surface area contributed by atoms with Gasteiger partial charge in [-0.3, -0.25) is 0 Å². The van der Waals surface area contributed by atoms with E-state index in [9.17, 15) is 0 Å². The van der Waals surface area contributed by atoms with Gasteiger partial charge in [0, 0.05) is 28.2 Å². The lowest BCUT2D eigenvalue weighted by Gasteiger charge is -2.26. The summed E-state index contributed by atoms with van der Waals surface area (Å²) in [5, 5.41) is 5.91. The number of oxazole rings is 1. The normalized spacial score (nSPS) is 11.5. The Kier molecular flexibility index (Phi) is 7.97. The Hall–Kier alpha value is -7.34. The van der Waals surface area contributed by atoms with Gasteiger partial charge in [-0.15, -0.1) is 11.3 Å². The maximum atomic E-state index is 6.02. The number of aromatic nitrogens is 2. The average Bonchev–Trinajstić information content (AvgIpc) is 3.92. The molecule has 11 aromatic rings. The van der Waals surface area contributed by atoms with E-state index in [0.29, 0.717) is 5.89 Å². The van der Waals surface area contributed by atoms with E-state index in [0.717, 1.165) is 60.9 Å². The lowest BCUT2D eigenvalue weighted by molar-refractivity contribution is 0.620. The van der Waals surface area contributed by atoms with E-state index < -0.39 is 0 Å². The number of hydrogen-bond donors (Lipinski definition) is 0. The third kappa shape index (κ3) is 6.21. The number of anilines is 3. The summed E-state index contributed by atoms with van der Waals surface area (Å²) in [5.74, 6) is 0.628. The van der Waals surface area contributed by atoms with Crippen LogP contribution in [0, 0.1) is 0 Å². The van der Waals surface area contributed by atoms with Crippen LogP contribution in [0.2, 0.25) is 0 Å². The SMILES string of the molecule is c1ccc2cc(-c3ccc4cc(N(c5ccc(-c6ccc(-c7nc8ccccc8o7)cc6)cc5)c5ccc(-c6nc7ccccc7s6)cc5)ccc4c3)ccc2c1. The molecule has 0 saturated carbocycles. The zero-order valence-electron chi connectivity index (χ0n) is 30.7. The molecular weight excluding hydrogens is 715 g/mol. The molecule has 0 unspecified atom stereocenters. The molecule has 0 atom stereocenters. The molecule has 0 saturated heterocycles. The average molecular weight is 748 g/mol. The van der Waals surface area contributed by atoms with Crippen molar-refractivity contribution in [2.75, 3.05) is 4.90 Å². The fraction of sp³-hybridized carbons (Fsp3) is 0. The summed E-state index contributed by atoms with van der Waals surface area (Å²) in [7, 11) is 0. The van der Waals surface area contributed by atoms with Crippen LogP contribution in [0.1, 0.15) is 0 Å². The first-order valence-electron chi connectivity index (χ1n) is 19.0. The second-order valence-electron chi connectivity index (χ2n) is 14.3. The largest absolute Gasteiger partial charge is 0.436 e. The molecule has 2 heterocycles. The van der Waals surface area contributed by atoms with Crippen LogP contribution in [-0.2, 0) is 0 Å². The molecule has 5 heteroatoms. The third-order valence-corrected chi connectivity index (χ3v) is 11.8. The van der Waals surface area contributed by atoms with Crippen molar-refractivity contribution in [1.29, 1.82) is 0 Å². The molecule has 0 aliphatic heterocycles. The first kappa shape index (κ1) is 33.0. The van der Waals surface area contributed by atoms with Crippen molar-refractivity contribution in [2.45, 2.75) is 0 Å². The van der Waals surface area contributed by atoms with Crippen LogP contribution < -0.4 is 4.90 Å². The number of fused-ring (bicyclic) bond motifs is 4. The van der Waals surface area contributed by atoms with E-state index in [4.69, 9.17) is 9.40 Å². The van der Waals surface area contributed by atoms with Crippen molar-refractivity contribution in [2.24, 2.45) is 0 Å². The van der Waals surface area contributed by atoms with Crippen LogP contribution in [0.4, 0.5) is 17.1 Å². The lowest BCUT2D eigenvalue weighted by atomic mass is 9.98. The minimum Gasteiger partial charge on any atom is -0.436 e. The van der Waals surface area contributed by atoms with Gasteiger partial charge >= 0.3 is 0 Å². The molecule has 0 spiro atoms. The summed E-state index contributed by atoms with van der Waals surface area (Å²) in [4.78, 5) is 11.9. The molecular formula is C52H33N3OS. The molecule has 9 aromatic carbocycles. The highest BCUT2D eigenvalue weighted by Gasteiger charge is 2.16. The summed E-state index contributed by atoms with van der Waals surface area (Å²) in [6.45, 7) is 0. The first-order chi connectivity index (χ1) is 28.2. The predicted octanol–water partition coefficient (Wildman–Crippen LogP) is 14.9. The Labute approximate surface area is 333 Å². The van der Waals surface area contributed by atoms with Gasteiger partial charge in [0.25, 0.3) is 0 Å². The van der Waals surface area contributed by atoms with E-state index in [2.05, 4.69) is 180 Å². The third-order valence-electron chi connectivity index (χ3n) is 10.7. The smallest absolute Gasteiger partial charge is 0.227 e. The maximum absolute atomic E-state index is 6.02. The summed E-state index contributed by atoms with van der Waals surface area (Å²) in [6, 6.07) is 70.9. The van der Waals surface area contributed by atoms with E-state index in [-0.39, 0.29) is 0 Å². The summed E-state index contributed by atoms with van der Waals surface area (Å²) in [6.07, 6.45) is 0. The maximum Gasteiger partial charge on any atom is 0.227 e. The van der Waals surface area contributed by atoms with Gasteiger partial charge < -0.3 is 9.32 Å². The van der Waals surface area contributed by atoms with Crippen LogP contribution >= 0.6 is 11.3 Å². The summed E-state index contributed by atoms with van der Waals surface area (Å²) >= 11 is 1.73. The van der Waals surface area contributed by atoms with Crippen molar-refractivity contribution >= 4 is 71.3 Å². The Morgan fingerprint density at radius 3 is 1.60 bits per heavy atom. The van der Waals surface area contributed by atoms with Crippen molar-refractivity contribution in [3.8, 4) is 44.3 Å². The molecule has 2 aromatic heterocycles. The highest BCUT2D eigenvalue weighted by atomic mass is 32.1. The molecule has 268 valence electrons. The quantitative estimate of drug-likeness (QED) is 0.163. The standard InChI is InChI=1S/C52H33N3OS/c1-2-8-39-31-40(18-15-34(39)7-1)41-19-20-43-33-46(30-25-42(43)32-41)55(45-28-23-38(24-29-45)52-54-48-10-4-6-12-50(48)57-52)44-26-21-36(22-27-44)35-13-16-37(17-14-35)51-53-47-9-3-5-11-49(47)56-51/h1-33H. The number of nitrogens with zero attached hydrogens (tertiary/aromatic N) is 3. The fourth-order valence-electron chi connectivity index (χ4n) is 7.72. The van der Waals surface area contributed by atoms with Gasteiger partial charge in [0.1, 0.15) is 10.5 Å². The first-order valence-corrected chi connectivity index (χ1v) is 19.9. The highest BCUT2D eigenvalue weighted by Crippen LogP contribution is 2.40. The number of para-hydroxylation sites is 3. The van der Waals surface area contributed by atoms with Crippen molar-refractivity contribution in [3.05, 3.63) is 200 Å². The Bertz CT molecular complexity index is 3170. The van der Waals surface area contributed by atoms with Gasteiger partial charge in [-0.25, -0.2) is 9.97 Å². The molecule has 0 bridgehead atoms. The second kappa shape index (κ2) is 13.7. The van der Waals surface area contributed by atoms with Gasteiger partial charge in [-0.2, -0.15) is 0 Å². The monoisotopic (exact) mass is 747 g/mol. The molecule has 0 fully saturated rings. The van der Waals surface area contributed by atoms with Gasteiger partial charge in [0.05, 0.1) is 10.2 Å². The minimum atomic E-state index is 0.628.